The van der Waals surface area contributed by atoms with Gasteiger partial charge in [-0.05, 0) is 36.8 Å². The number of benzene rings is 1. The first-order chi connectivity index (χ1) is 15.9. The summed E-state index contributed by atoms with van der Waals surface area (Å²) in [6, 6.07) is 6.22. The molecule has 8 heteroatoms. The third-order valence-electron chi connectivity index (χ3n) is 6.51. The summed E-state index contributed by atoms with van der Waals surface area (Å²) in [6.45, 7) is 7.23. The molecule has 33 heavy (non-hydrogen) atoms. The maximum absolute atomic E-state index is 13.1. The van der Waals surface area contributed by atoms with Gasteiger partial charge in [0.2, 0.25) is 5.91 Å². The van der Waals surface area contributed by atoms with Crippen molar-refractivity contribution >= 4 is 57.1 Å². The van der Waals surface area contributed by atoms with E-state index in [2.05, 4.69) is 30.5 Å². The fourth-order valence-corrected chi connectivity index (χ4v) is 5.81. The summed E-state index contributed by atoms with van der Waals surface area (Å²) in [5.41, 5.74) is 3.20. The van der Waals surface area contributed by atoms with E-state index < -0.39 is 0 Å². The van der Waals surface area contributed by atoms with Gasteiger partial charge in [-0.3, -0.25) is 14.5 Å². The number of amides is 2. The zero-order chi connectivity index (χ0) is 23.5. The van der Waals surface area contributed by atoms with Gasteiger partial charge in [-0.25, -0.2) is 0 Å². The first kappa shape index (κ1) is 24.0. The predicted octanol–water partition coefficient (Wildman–Crippen LogP) is 4.31. The minimum atomic E-state index is -0.0897. The Bertz CT molecular complexity index is 1100. The van der Waals surface area contributed by atoms with Gasteiger partial charge in [-0.2, -0.15) is 0 Å². The Kier molecular flexibility index (Phi) is 7.56. The second-order valence-electron chi connectivity index (χ2n) is 8.77. The molecular formula is C25H31N3O3S2. The van der Waals surface area contributed by atoms with Gasteiger partial charge < -0.3 is 14.2 Å². The largest absolute Gasteiger partial charge is 0.383 e. The molecule has 2 amide bonds. The summed E-state index contributed by atoms with van der Waals surface area (Å²) in [6.07, 6.45) is 6.92. The van der Waals surface area contributed by atoms with Crippen LogP contribution in [0, 0.1) is 5.92 Å². The van der Waals surface area contributed by atoms with Crippen LogP contribution < -0.4 is 0 Å². The molecule has 2 aliphatic heterocycles. The molecule has 0 radical (unpaired) electrons. The number of thiocarbonyl (C=S) groups is 1. The molecule has 0 spiro atoms. The third-order valence-corrected chi connectivity index (χ3v) is 7.89. The van der Waals surface area contributed by atoms with Crippen molar-refractivity contribution in [2.75, 3.05) is 33.4 Å². The van der Waals surface area contributed by atoms with Gasteiger partial charge in [0.15, 0.2) is 0 Å². The minimum absolute atomic E-state index is 0.0897. The Morgan fingerprint density at radius 3 is 2.76 bits per heavy atom. The Morgan fingerprint density at radius 1 is 1.30 bits per heavy atom. The highest BCUT2D eigenvalue weighted by Gasteiger charge is 2.32. The number of carbonyl (C=O) groups excluding carboxylic acids is 2. The number of methoxy groups -OCH3 is 1. The van der Waals surface area contributed by atoms with Gasteiger partial charge in [0, 0.05) is 37.3 Å². The fourth-order valence-electron chi connectivity index (χ4n) is 4.51. The average molecular weight is 486 g/mol. The molecule has 3 heterocycles. The number of hydrogen-bond acceptors (Lipinski definition) is 5. The number of likely N-dealkylation sites (tertiary alicyclic amines) is 1. The van der Waals surface area contributed by atoms with Crippen molar-refractivity contribution in [1.29, 1.82) is 0 Å². The van der Waals surface area contributed by atoms with Gasteiger partial charge in [0.25, 0.3) is 5.91 Å². The zero-order valence-corrected chi connectivity index (χ0v) is 21.1. The van der Waals surface area contributed by atoms with Crippen molar-refractivity contribution in [2.45, 2.75) is 39.7 Å². The van der Waals surface area contributed by atoms with E-state index in [9.17, 15) is 9.59 Å². The molecule has 2 saturated heterocycles. The van der Waals surface area contributed by atoms with Crippen molar-refractivity contribution in [3.63, 3.8) is 0 Å². The molecule has 1 aromatic heterocycles. The molecule has 2 aliphatic rings. The Morgan fingerprint density at radius 2 is 2.06 bits per heavy atom. The van der Waals surface area contributed by atoms with Crippen molar-refractivity contribution in [3.05, 3.63) is 40.4 Å². The number of piperidine rings is 1. The van der Waals surface area contributed by atoms with E-state index in [0.717, 1.165) is 48.8 Å². The van der Waals surface area contributed by atoms with E-state index in [1.54, 1.807) is 12.0 Å². The van der Waals surface area contributed by atoms with Gasteiger partial charge in [-0.15, -0.1) is 0 Å². The highest BCUT2D eigenvalue weighted by molar-refractivity contribution is 8.26. The molecule has 0 atom stereocenters. The molecule has 6 nitrogen and oxygen atoms in total. The number of thioether (sulfide) groups is 1. The van der Waals surface area contributed by atoms with Gasteiger partial charge in [0.05, 0.1) is 23.6 Å². The normalized spacial score (nSPS) is 18.8. The van der Waals surface area contributed by atoms with Crippen LogP contribution in [0.2, 0.25) is 0 Å². The van der Waals surface area contributed by atoms with E-state index in [0.29, 0.717) is 34.8 Å². The number of fused-ring (bicyclic) bond motifs is 1. The second kappa shape index (κ2) is 10.4. The molecule has 2 aromatic rings. The summed E-state index contributed by atoms with van der Waals surface area (Å²) in [4.78, 5) is 30.2. The quantitative estimate of drug-likeness (QED) is 0.432. The van der Waals surface area contributed by atoms with Gasteiger partial charge in [-0.1, -0.05) is 56.0 Å². The molecule has 0 bridgehead atoms. The lowest BCUT2D eigenvalue weighted by molar-refractivity contribution is -0.133. The number of carbonyl (C=O) groups is 2. The van der Waals surface area contributed by atoms with E-state index in [1.807, 2.05) is 23.2 Å². The minimum Gasteiger partial charge on any atom is -0.383 e. The monoisotopic (exact) mass is 485 g/mol. The van der Waals surface area contributed by atoms with Crippen LogP contribution in [-0.4, -0.2) is 63.9 Å². The maximum Gasteiger partial charge on any atom is 0.266 e. The van der Waals surface area contributed by atoms with Crippen LogP contribution in [0.5, 0.6) is 0 Å². The standard InChI is InChI=1S/C25H31N3O3S2/c1-4-18-6-5-7-20-19(14-21-24(30)28(12-13-31-3)25(32)33-21)15-27(23(18)20)16-22(29)26-10-8-17(2)9-11-26/h5-7,14-15,17H,4,8-13,16H2,1-3H3/b21-14-. The highest BCUT2D eigenvalue weighted by atomic mass is 32.2. The first-order valence-corrected chi connectivity index (χ1v) is 12.8. The van der Waals surface area contributed by atoms with E-state index in [-0.39, 0.29) is 11.8 Å². The maximum atomic E-state index is 13.1. The second-order valence-corrected chi connectivity index (χ2v) is 10.4. The smallest absolute Gasteiger partial charge is 0.266 e. The predicted molar refractivity (Wildman–Crippen MR) is 138 cm³/mol. The summed E-state index contributed by atoms with van der Waals surface area (Å²) in [5.74, 6) is 0.748. The fraction of sp³-hybridized carbons (Fsp3) is 0.480. The van der Waals surface area contributed by atoms with Crippen LogP contribution in [0.1, 0.15) is 37.8 Å². The number of para-hydroxylation sites is 1. The number of aromatic nitrogens is 1. The molecule has 4 rings (SSSR count). The Hall–Kier alpha value is -2.16. The van der Waals surface area contributed by atoms with Gasteiger partial charge in [0.1, 0.15) is 10.9 Å². The summed E-state index contributed by atoms with van der Waals surface area (Å²) < 4.78 is 7.72. The number of nitrogens with zero attached hydrogens (tertiary/aromatic N) is 3. The number of hydrogen-bond donors (Lipinski definition) is 0. The Balaban J connectivity index is 1.66. The number of aryl methyl sites for hydroxylation is 1. The van der Waals surface area contributed by atoms with Crippen LogP contribution in [-0.2, 0) is 27.3 Å². The SMILES string of the molecule is CCc1cccc2c(/C=C3\SC(=S)N(CCOC)C3=O)cn(CC(=O)N3CCC(C)CC3)c12. The molecule has 0 N–H and O–H groups in total. The molecule has 0 saturated carbocycles. The van der Waals surface area contributed by atoms with Crippen LogP contribution in [0.25, 0.3) is 17.0 Å². The lowest BCUT2D eigenvalue weighted by Crippen LogP contribution is -2.39. The third kappa shape index (κ3) is 5.03. The van der Waals surface area contributed by atoms with Crippen LogP contribution in [0.15, 0.2) is 29.3 Å². The number of ether oxygens (including phenoxy) is 1. The first-order valence-electron chi connectivity index (χ1n) is 11.6. The van der Waals surface area contributed by atoms with E-state index in [1.165, 1.54) is 17.3 Å². The van der Waals surface area contributed by atoms with E-state index >= 15 is 0 Å². The lowest BCUT2D eigenvalue weighted by atomic mass is 9.99. The Labute approximate surface area is 204 Å². The lowest BCUT2D eigenvalue weighted by Gasteiger charge is -2.30. The summed E-state index contributed by atoms with van der Waals surface area (Å²) in [5, 5.41) is 1.05. The average Bonchev–Trinajstić information content (AvgIpc) is 3.29. The van der Waals surface area contributed by atoms with Crippen molar-refractivity contribution in [3.8, 4) is 0 Å². The topological polar surface area (TPSA) is 54.8 Å². The zero-order valence-electron chi connectivity index (χ0n) is 19.5. The summed E-state index contributed by atoms with van der Waals surface area (Å²) in [7, 11) is 1.61. The molecule has 0 unspecified atom stereocenters. The van der Waals surface area contributed by atoms with Crippen molar-refractivity contribution in [2.24, 2.45) is 5.92 Å². The molecule has 176 valence electrons. The molecule has 1 aromatic carbocycles. The van der Waals surface area contributed by atoms with Crippen molar-refractivity contribution < 1.29 is 14.3 Å². The molecular weight excluding hydrogens is 454 g/mol. The van der Waals surface area contributed by atoms with Crippen LogP contribution in [0.4, 0.5) is 0 Å². The highest BCUT2D eigenvalue weighted by Crippen LogP contribution is 2.35. The van der Waals surface area contributed by atoms with Gasteiger partial charge >= 0.3 is 0 Å². The van der Waals surface area contributed by atoms with E-state index in [4.69, 9.17) is 17.0 Å². The van der Waals surface area contributed by atoms with Crippen LogP contribution in [0.3, 0.4) is 0 Å². The molecule has 2 fully saturated rings. The van der Waals surface area contributed by atoms with Crippen molar-refractivity contribution in [1.82, 2.24) is 14.4 Å². The summed E-state index contributed by atoms with van der Waals surface area (Å²) >= 11 is 6.74. The molecule has 0 aliphatic carbocycles. The number of rotatable bonds is 7. The van der Waals surface area contributed by atoms with Crippen LogP contribution >= 0.6 is 24.0 Å².